The van der Waals surface area contributed by atoms with Gasteiger partial charge in [0.05, 0.1) is 6.10 Å². The molecule has 1 amide bonds. The highest BCUT2D eigenvalue weighted by molar-refractivity contribution is 5.94. The number of aliphatic hydroxyl groups is 1. The lowest BCUT2D eigenvalue weighted by molar-refractivity contribution is 0.0915. The molecule has 82 valence electrons. The van der Waals surface area contributed by atoms with Crippen LogP contribution in [-0.2, 0) is 0 Å². The molecular weight excluding hydrogens is 204 g/mol. The smallest absolute Gasteiger partial charge is 0.257 e. The van der Waals surface area contributed by atoms with E-state index in [0.717, 1.165) is 12.1 Å². The minimum absolute atomic E-state index is 0.0490. The average molecular weight is 215 g/mol. The Morgan fingerprint density at radius 1 is 1.47 bits per heavy atom. The Hall–Kier alpha value is -1.49. The lowest BCUT2D eigenvalue weighted by Crippen LogP contribution is -2.31. The zero-order chi connectivity index (χ0) is 11.4. The van der Waals surface area contributed by atoms with Gasteiger partial charge in [-0.15, -0.1) is 0 Å². The van der Waals surface area contributed by atoms with Crippen molar-refractivity contribution in [1.82, 2.24) is 5.32 Å². The third kappa shape index (κ3) is 2.99. The molecule has 1 aromatic rings. The highest BCUT2D eigenvalue weighted by Gasteiger charge is 2.16. The number of carbonyl (C=O) groups is 1. The SMILES string of the molecule is CC(O)CNC(=O)c1c(F)cccc1F. The van der Waals surface area contributed by atoms with E-state index in [0.29, 0.717) is 0 Å². The predicted molar refractivity (Wildman–Crippen MR) is 50.4 cm³/mol. The fourth-order valence-electron chi connectivity index (χ4n) is 1.04. The molecule has 3 nitrogen and oxygen atoms in total. The predicted octanol–water partition coefficient (Wildman–Crippen LogP) is 1.08. The van der Waals surface area contributed by atoms with Crippen LogP contribution in [0.2, 0.25) is 0 Å². The van der Waals surface area contributed by atoms with Crippen LogP contribution in [0.1, 0.15) is 17.3 Å². The summed E-state index contributed by atoms with van der Waals surface area (Å²) in [5, 5.41) is 11.1. The molecule has 0 spiro atoms. The molecular formula is C10H11F2NO2. The molecule has 0 saturated heterocycles. The van der Waals surface area contributed by atoms with Crippen molar-refractivity contribution in [2.24, 2.45) is 0 Å². The van der Waals surface area contributed by atoms with Crippen LogP contribution in [0.15, 0.2) is 18.2 Å². The van der Waals surface area contributed by atoms with E-state index >= 15 is 0 Å². The molecule has 1 atom stereocenters. The topological polar surface area (TPSA) is 49.3 Å². The summed E-state index contributed by atoms with van der Waals surface area (Å²) >= 11 is 0. The molecule has 0 aromatic heterocycles. The number of aliphatic hydroxyl groups excluding tert-OH is 1. The van der Waals surface area contributed by atoms with Crippen molar-refractivity contribution >= 4 is 5.91 Å². The van der Waals surface area contributed by atoms with Crippen LogP contribution < -0.4 is 5.32 Å². The number of hydrogen-bond acceptors (Lipinski definition) is 2. The Morgan fingerprint density at radius 2 is 2.00 bits per heavy atom. The lowest BCUT2D eigenvalue weighted by Gasteiger charge is -2.08. The molecule has 2 N–H and O–H groups in total. The molecule has 0 aliphatic carbocycles. The maximum absolute atomic E-state index is 13.1. The summed E-state index contributed by atoms with van der Waals surface area (Å²) in [6.07, 6.45) is -0.760. The van der Waals surface area contributed by atoms with Crippen molar-refractivity contribution in [3.05, 3.63) is 35.4 Å². The molecule has 0 saturated carbocycles. The number of hydrogen-bond donors (Lipinski definition) is 2. The van der Waals surface area contributed by atoms with Crippen LogP contribution in [0, 0.1) is 11.6 Å². The van der Waals surface area contributed by atoms with Gasteiger partial charge in [0.15, 0.2) is 0 Å². The summed E-state index contributed by atoms with van der Waals surface area (Å²) in [7, 11) is 0. The second-order valence-electron chi connectivity index (χ2n) is 3.16. The maximum Gasteiger partial charge on any atom is 0.257 e. The normalized spacial score (nSPS) is 12.3. The summed E-state index contributed by atoms with van der Waals surface area (Å²) < 4.78 is 26.1. The number of benzene rings is 1. The van der Waals surface area contributed by atoms with Crippen molar-refractivity contribution in [3.63, 3.8) is 0 Å². The minimum atomic E-state index is -0.918. The summed E-state index contributed by atoms with van der Waals surface area (Å²) in [5.74, 6) is -2.71. The Balaban J connectivity index is 2.82. The molecule has 0 bridgehead atoms. The van der Waals surface area contributed by atoms with Crippen molar-refractivity contribution < 1.29 is 18.7 Å². The molecule has 5 heteroatoms. The first kappa shape index (κ1) is 11.6. The third-order valence-electron chi connectivity index (χ3n) is 1.75. The van der Waals surface area contributed by atoms with E-state index < -0.39 is 29.2 Å². The van der Waals surface area contributed by atoms with Gasteiger partial charge in [0.25, 0.3) is 5.91 Å². The van der Waals surface area contributed by atoms with Gasteiger partial charge in [0.1, 0.15) is 17.2 Å². The van der Waals surface area contributed by atoms with Crippen LogP contribution in [0.4, 0.5) is 8.78 Å². The number of halogens is 2. The Kier molecular flexibility index (Phi) is 3.74. The minimum Gasteiger partial charge on any atom is -0.392 e. The lowest BCUT2D eigenvalue weighted by atomic mass is 10.2. The van der Waals surface area contributed by atoms with E-state index in [-0.39, 0.29) is 6.54 Å². The van der Waals surface area contributed by atoms with Gasteiger partial charge in [-0.1, -0.05) is 6.07 Å². The van der Waals surface area contributed by atoms with Crippen LogP contribution in [0.5, 0.6) is 0 Å². The van der Waals surface area contributed by atoms with Gasteiger partial charge in [-0.05, 0) is 19.1 Å². The fraction of sp³-hybridized carbons (Fsp3) is 0.300. The van der Waals surface area contributed by atoms with Gasteiger partial charge in [-0.2, -0.15) is 0 Å². The molecule has 0 aliphatic rings. The van der Waals surface area contributed by atoms with Crippen LogP contribution in [-0.4, -0.2) is 23.7 Å². The fourth-order valence-corrected chi connectivity index (χ4v) is 1.04. The van der Waals surface area contributed by atoms with E-state index in [1.54, 1.807) is 0 Å². The van der Waals surface area contributed by atoms with Gasteiger partial charge in [0.2, 0.25) is 0 Å². The van der Waals surface area contributed by atoms with Crippen LogP contribution >= 0.6 is 0 Å². The molecule has 15 heavy (non-hydrogen) atoms. The first-order valence-electron chi connectivity index (χ1n) is 4.42. The van der Waals surface area contributed by atoms with Gasteiger partial charge in [0, 0.05) is 6.54 Å². The third-order valence-corrected chi connectivity index (χ3v) is 1.75. The number of nitrogens with one attached hydrogen (secondary N) is 1. The first-order chi connectivity index (χ1) is 7.02. The number of carbonyl (C=O) groups excluding carboxylic acids is 1. The van der Waals surface area contributed by atoms with E-state index in [9.17, 15) is 13.6 Å². The molecule has 0 fully saturated rings. The van der Waals surface area contributed by atoms with Gasteiger partial charge < -0.3 is 10.4 Å². The summed E-state index contributed by atoms with van der Waals surface area (Å²) in [4.78, 5) is 11.3. The standard InChI is InChI=1S/C10H11F2NO2/c1-6(14)5-13-10(15)9-7(11)3-2-4-8(9)12/h2-4,6,14H,5H2,1H3,(H,13,15). The van der Waals surface area contributed by atoms with Crippen LogP contribution in [0.25, 0.3) is 0 Å². The van der Waals surface area contributed by atoms with Crippen molar-refractivity contribution in [2.45, 2.75) is 13.0 Å². The molecule has 0 heterocycles. The Labute approximate surface area is 85.7 Å². The second-order valence-corrected chi connectivity index (χ2v) is 3.16. The zero-order valence-electron chi connectivity index (χ0n) is 8.13. The molecule has 1 aromatic carbocycles. The van der Waals surface area contributed by atoms with Crippen molar-refractivity contribution in [2.75, 3.05) is 6.54 Å². The summed E-state index contributed by atoms with van der Waals surface area (Å²) in [5.41, 5.74) is -0.627. The summed E-state index contributed by atoms with van der Waals surface area (Å²) in [6, 6.07) is 3.18. The molecule has 0 radical (unpaired) electrons. The molecule has 1 unspecified atom stereocenters. The quantitative estimate of drug-likeness (QED) is 0.792. The first-order valence-corrected chi connectivity index (χ1v) is 4.42. The van der Waals surface area contributed by atoms with E-state index in [1.807, 2.05) is 0 Å². The van der Waals surface area contributed by atoms with E-state index in [2.05, 4.69) is 5.32 Å². The van der Waals surface area contributed by atoms with E-state index in [4.69, 9.17) is 5.11 Å². The van der Waals surface area contributed by atoms with Gasteiger partial charge in [-0.25, -0.2) is 8.78 Å². The van der Waals surface area contributed by atoms with Crippen molar-refractivity contribution in [3.8, 4) is 0 Å². The van der Waals surface area contributed by atoms with Gasteiger partial charge in [-0.3, -0.25) is 4.79 Å². The highest BCUT2D eigenvalue weighted by atomic mass is 19.1. The van der Waals surface area contributed by atoms with Crippen molar-refractivity contribution in [1.29, 1.82) is 0 Å². The number of amides is 1. The Morgan fingerprint density at radius 3 is 2.47 bits per heavy atom. The molecule has 1 rings (SSSR count). The van der Waals surface area contributed by atoms with E-state index in [1.165, 1.54) is 13.0 Å². The second kappa shape index (κ2) is 4.84. The maximum atomic E-state index is 13.1. The summed E-state index contributed by atoms with van der Waals surface area (Å²) in [6.45, 7) is 1.41. The van der Waals surface area contributed by atoms with Crippen LogP contribution in [0.3, 0.4) is 0 Å². The highest BCUT2D eigenvalue weighted by Crippen LogP contribution is 2.11. The Bertz CT molecular complexity index is 346. The number of rotatable bonds is 3. The average Bonchev–Trinajstić information content (AvgIpc) is 2.14. The monoisotopic (exact) mass is 215 g/mol. The largest absolute Gasteiger partial charge is 0.392 e. The molecule has 0 aliphatic heterocycles. The zero-order valence-corrected chi connectivity index (χ0v) is 8.13. The van der Waals surface area contributed by atoms with Gasteiger partial charge >= 0.3 is 0 Å².